The zero-order valence-corrected chi connectivity index (χ0v) is 15.7. The van der Waals surface area contributed by atoms with Crippen molar-refractivity contribution in [2.24, 2.45) is 0 Å². The predicted octanol–water partition coefficient (Wildman–Crippen LogP) is 4.75. The van der Waals surface area contributed by atoms with Gasteiger partial charge in [0.05, 0.1) is 22.8 Å². The first-order valence-electron chi connectivity index (χ1n) is 8.04. The molecule has 0 aromatic heterocycles. The average Bonchev–Trinajstić information content (AvgIpc) is 2.57. The molecule has 146 valence electrons. The lowest BCUT2D eigenvalue weighted by Gasteiger charge is -2.31. The summed E-state index contributed by atoms with van der Waals surface area (Å²) in [6.07, 6.45) is -2.83. The van der Waals surface area contributed by atoms with Gasteiger partial charge in [0.25, 0.3) is 0 Å². The van der Waals surface area contributed by atoms with Gasteiger partial charge in [-0.15, -0.1) is 12.4 Å². The third-order valence-corrected chi connectivity index (χ3v) is 4.61. The fraction of sp³-hybridized carbons (Fsp3) is 0.278. The highest BCUT2D eigenvalue weighted by atomic mass is 35.5. The lowest BCUT2D eigenvalue weighted by atomic mass is 10.00. The van der Waals surface area contributed by atoms with Crippen LogP contribution in [0.1, 0.15) is 17.5 Å². The lowest BCUT2D eigenvalue weighted by Crippen LogP contribution is -2.37. The molecule has 3 N–H and O–H groups in total. The van der Waals surface area contributed by atoms with Crippen LogP contribution in [0, 0.1) is 0 Å². The Bertz CT molecular complexity index is 843. The van der Waals surface area contributed by atoms with Crippen LogP contribution in [-0.4, -0.2) is 19.0 Å². The molecule has 1 aliphatic heterocycles. The van der Waals surface area contributed by atoms with Crippen molar-refractivity contribution in [1.29, 1.82) is 0 Å². The van der Waals surface area contributed by atoms with Crippen LogP contribution in [0.25, 0.3) is 0 Å². The molecule has 3 rings (SSSR count). The van der Waals surface area contributed by atoms with E-state index >= 15 is 0 Å². The van der Waals surface area contributed by atoms with Gasteiger partial charge < -0.3 is 16.0 Å². The Hall–Kier alpha value is -2.12. The molecule has 0 radical (unpaired) electrons. The topological polar surface area (TPSA) is 58.4 Å². The number of carbonyl (C=O) groups excluding carboxylic acids is 1. The lowest BCUT2D eigenvalue weighted by molar-refractivity contribution is -0.137. The van der Waals surface area contributed by atoms with Gasteiger partial charge in [-0.2, -0.15) is 13.2 Å². The van der Waals surface area contributed by atoms with E-state index in [9.17, 15) is 18.0 Å². The second-order valence-corrected chi connectivity index (χ2v) is 6.52. The number of benzene rings is 2. The van der Waals surface area contributed by atoms with Crippen molar-refractivity contribution < 1.29 is 18.0 Å². The molecule has 0 unspecified atom stereocenters. The zero-order chi connectivity index (χ0) is 18.9. The highest BCUT2D eigenvalue weighted by Gasteiger charge is 2.31. The highest BCUT2D eigenvalue weighted by molar-refractivity contribution is 6.33. The number of nitrogens with two attached hydrogens (primary N) is 1. The fourth-order valence-electron chi connectivity index (χ4n) is 3.05. The zero-order valence-electron chi connectivity index (χ0n) is 14.1. The van der Waals surface area contributed by atoms with Gasteiger partial charge in [-0.3, -0.25) is 4.79 Å². The van der Waals surface area contributed by atoms with E-state index in [4.69, 9.17) is 17.3 Å². The molecular weight excluding hydrogens is 402 g/mol. The van der Waals surface area contributed by atoms with E-state index in [0.29, 0.717) is 12.2 Å². The molecule has 1 aliphatic rings. The van der Waals surface area contributed by atoms with Crippen molar-refractivity contribution in [1.82, 2.24) is 0 Å². The van der Waals surface area contributed by atoms with Crippen LogP contribution in [0.2, 0.25) is 5.02 Å². The Labute approximate surface area is 165 Å². The molecule has 0 saturated heterocycles. The Balaban J connectivity index is 0.00000261. The number of nitrogens with zero attached hydrogens (tertiary/aromatic N) is 1. The van der Waals surface area contributed by atoms with Gasteiger partial charge in [0.1, 0.15) is 0 Å². The van der Waals surface area contributed by atoms with E-state index < -0.39 is 17.6 Å². The Morgan fingerprint density at radius 2 is 2.00 bits per heavy atom. The Morgan fingerprint density at radius 3 is 2.70 bits per heavy atom. The molecule has 2 aromatic rings. The molecule has 27 heavy (non-hydrogen) atoms. The molecule has 0 atom stereocenters. The van der Waals surface area contributed by atoms with E-state index in [1.165, 1.54) is 0 Å². The van der Waals surface area contributed by atoms with Gasteiger partial charge in [-0.25, -0.2) is 0 Å². The summed E-state index contributed by atoms with van der Waals surface area (Å²) in [6.45, 7) is 0.670. The van der Waals surface area contributed by atoms with Crippen LogP contribution in [-0.2, 0) is 17.4 Å². The second kappa shape index (κ2) is 8.27. The monoisotopic (exact) mass is 419 g/mol. The third-order valence-electron chi connectivity index (χ3n) is 4.29. The fourth-order valence-corrected chi connectivity index (χ4v) is 3.22. The average molecular weight is 420 g/mol. The van der Waals surface area contributed by atoms with Crippen molar-refractivity contribution >= 4 is 47.0 Å². The first-order chi connectivity index (χ1) is 12.3. The molecule has 1 heterocycles. The minimum atomic E-state index is -4.51. The van der Waals surface area contributed by atoms with Gasteiger partial charge in [0.15, 0.2) is 0 Å². The minimum absolute atomic E-state index is 0. The number of nitrogens with one attached hydrogen (secondary N) is 1. The first-order valence-corrected chi connectivity index (χ1v) is 8.42. The van der Waals surface area contributed by atoms with Crippen LogP contribution in [0.4, 0.5) is 30.2 Å². The van der Waals surface area contributed by atoms with E-state index in [0.717, 1.165) is 42.3 Å². The summed E-state index contributed by atoms with van der Waals surface area (Å²) in [5.41, 5.74) is 7.60. The van der Waals surface area contributed by atoms with Crippen molar-refractivity contribution in [3.8, 4) is 0 Å². The molecule has 0 fully saturated rings. The van der Waals surface area contributed by atoms with Crippen LogP contribution < -0.4 is 16.0 Å². The molecule has 0 bridgehead atoms. The maximum Gasteiger partial charge on any atom is 0.416 e. The largest absolute Gasteiger partial charge is 0.416 e. The maximum atomic E-state index is 12.8. The number of amides is 1. The summed E-state index contributed by atoms with van der Waals surface area (Å²) < 4.78 is 38.5. The minimum Gasteiger partial charge on any atom is -0.398 e. The normalized spacial score (nSPS) is 13.6. The highest BCUT2D eigenvalue weighted by Crippen LogP contribution is 2.34. The number of hydrogen-bond donors (Lipinski definition) is 2. The van der Waals surface area contributed by atoms with Gasteiger partial charge in [-0.1, -0.05) is 17.7 Å². The quantitative estimate of drug-likeness (QED) is 0.705. The van der Waals surface area contributed by atoms with E-state index in [1.807, 2.05) is 23.1 Å². The molecular formula is C18H18Cl2F3N3O. The SMILES string of the molecule is Cl.Nc1cccc2c1CCCN2CC(=O)Nc1cc(C(F)(F)F)ccc1Cl. The number of alkyl halides is 3. The van der Waals surface area contributed by atoms with Crippen LogP contribution in [0.3, 0.4) is 0 Å². The summed E-state index contributed by atoms with van der Waals surface area (Å²) in [5.74, 6) is -0.443. The smallest absolute Gasteiger partial charge is 0.398 e. The number of anilines is 3. The van der Waals surface area contributed by atoms with Crippen LogP contribution in [0.5, 0.6) is 0 Å². The maximum absolute atomic E-state index is 12.8. The van der Waals surface area contributed by atoms with Crippen LogP contribution in [0.15, 0.2) is 36.4 Å². The van der Waals surface area contributed by atoms with Crippen LogP contribution >= 0.6 is 24.0 Å². The third kappa shape index (κ3) is 4.78. The summed E-state index contributed by atoms with van der Waals surface area (Å²) in [6, 6.07) is 8.34. The van der Waals surface area contributed by atoms with Gasteiger partial charge in [-0.05, 0) is 48.7 Å². The number of carbonyl (C=O) groups is 1. The number of rotatable bonds is 3. The molecule has 0 spiro atoms. The van der Waals surface area contributed by atoms with E-state index in [-0.39, 0.29) is 29.7 Å². The standard InChI is InChI=1S/C18H17ClF3N3O.ClH/c19-13-7-6-11(18(20,21)22)9-15(13)24-17(26)10-25-8-2-3-12-14(23)4-1-5-16(12)25;/h1,4-7,9H,2-3,8,10,23H2,(H,24,26);1H. The summed E-state index contributed by atoms with van der Waals surface area (Å²) >= 11 is 5.92. The second-order valence-electron chi connectivity index (χ2n) is 6.11. The number of hydrogen-bond acceptors (Lipinski definition) is 3. The molecule has 0 aliphatic carbocycles. The van der Waals surface area contributed by atoms with E-state index in [2.05, 4.69) is 5.32 Å². The molecule has 0 saturated carbocycles. The summed E-state index contributed by atoms with van der Waals surface area (Å²) in [5, 5.41) is 2.52. The van der Waals surface area contributed by atoms with Gasteiger partial charge in [0.2, 0.25) is 5.91 Å². The predicted molar refractivity (Wildman–Crippen MR) is 104 cm³/mol. The van der Waals surface area contributed by atoms with Crippen molar-refractivity contribution in [3.63, 3.8) is 0 Å². The van der Waals surface area contributed by atoms with Crippen molar-refractivity contribution in [2.45, 2.75) is 19.0 Å². The number of halogens is 5. The molecule has 2 aromatic carbocycles. The van der Waals surface area contributed by atoms with Gasteiger partial charge >= 0.3 is 6.18 Å². The van der Waals surface area contributed by atoms with Gasteiger partial charge in [0, 0.05) is 17.9 Å². The summed E-state index contributed by atoms with van der Waals surface area (Å²) in [4.78, 5) is 14.2. The number of nitrogen functional groups attached to an aromatic ring is 1. The number of fused-ring (bicyclic) bond motifs is 1. The Kier molecular flexibility index (Phi) is 6.49. The Morgan fingerprint density at radius 1 is 1.26 bits per heavy atom. The van der Waals surface area contributed by atoms with Crippen molar-refractivity contribution in [3.05, 3.63) is 52.5 Å². The van der Waals surface area contributed by atoms with E-state index in [1.54, 1.807) is 0 Å². The first kappa shape index (κ1) is 21.2. The molecule has 4 nitrogen and oxygen atoms in total. The van der Waals surface area contributed by atoms with Crippen molar-refractivity contribution in [2.75, 3.05) is 29.0 Å². The summed E-state index contributed by atoms with van der Waals surface area (Å²) in [7, 11) is 0. The molecule has 1 amide bonds. The molecule has 9 heteroatoms.